The molecule has 1 amide bonds. The number of carboxylic acids is 1. The zero-order valence-corrected chi connectivity index (χ0v) is 14.2. The number of likely N-dealkylation sites (tertiary alicyclic amines) is 1. The van der Waals surface area contributed by atoms with Crippen LogP contribution in [0.3, 0.4) is 0 Å². The summed E-state index contributed by atoms with van der Waals surface area (Å²) in [5, 5.41) is 9.68. The summed E-state index contributed by atoms with van der Waals surface area (Å²) in [6, 6.07) is 6.99. The molecule has 5 heteroatoms. The number of ether oxygens (including phenoxy) is 1. The standard InChI is InChI=1S/C18H25NO4/c1-5-12-8-6-7-9-13(12)14-10-11-19(15(14)16(20)21)17(22)23-18(2,3)4/h6-9,14-15H,5,10-11H2,1-4H3,(H,20,21)/t14-,15-/m0/s1. The van der Waals surface area contributed by atoms with Gasteiger partial charge < -0.3 is 9.84 Å². The molecule has 1 aromatic carbocycles. The number of nitrogens with zero attached hydrogens (tertiary/aromatic N) is 1. The quantitative estimate of drug-likeness (QED) is 0.927. The van der Waals surface area contributed by atoms with Crippen molar-refractivity contribution in [2.45, 2.75) is 58.1 Å². The lowest BCUT2D eigenvalue weighted by Gasteiger charge is -2.28. The van der Waals surface area contributed by atoms with Crippen molar-refractivity contribution in [3.63, 3.8) is 0 Å². The fourth-order valence-corrected chi connectivity index (χ4v) is 3.17. The predicted molar refractivity (Wildman–Crippen MR) is 87.5 cm³/mol. The van der Waals surface area contributed by atoms with Crippen molar-refractivity contribution in [2.75, 3.05) is 6.54 Å². The van der Waals surface area contributed by atoms with Crippen LogP contribution in [0.25, 0.3) is 0 Å². The fraction of sp³-hybridized carbons (Fsp3) is 0.556. The Balaban J connectivity index is 2.30. The van der Waals surface area contributed by atoms with E-state index < -0.39 is 23.7 Å². The molecule has 1 aliphatic heterocycles. The molecule has 0 saturated carbocycles. The van der Waals surface area contributed by atoms with Gasteiger partial charge in [0.1, 0.15) is 11.6 Å². The number of carbonyl (C=O) groups is 2. The molecule has 1 saturated heterocycles. The first-order chi connectivity index (χ1) is 10.7. The van der Waals surface area contributed by atoms with Crippen LogP contribution in [-0.2, 0) is 16.0 Å². The Morgan fingerprint density at radius 2 is 1.96 bits per heavy atom. The molecule has 0 aliphatic carbocycles. The molecule has 1 fully saturated rings. The molecule has 0 aromatic heterocycles. The molecule has 0 unspecified atom stereocenters. The summed E-state index contributed by atoms with van der Waals surface area (Å²) in [5.41, 5.74) is 1.52. The van der Waals surface area contributed by atoms with E-state index >= 15 is 0 Å². The van der Waals surface area contributed by atoms with Crippen LogP contribution >= 0.6 is 0 Å². The van der Waals surface area contributed by atoms with Gasteiger partial charge >= 0.3 is 12.1 Å². The molecule has 0 spiro atoms. The maximum absolute atomic E-state index is 12.3. The van der Waals surface area contributed by atoms with Gasteiger partial charge in [-0.15, -0.1) is 0 Å². The molecule has 23 heavy (non-hydrogen) atoms. The summed E-state index contributed by atoms with van der Waals surface area (Å²) in [6.07, 6.45) is 0.917. The Bertz CT molecular complexity index is 591. The third kappa shape index (κ3) is 3.84. The first-order valence-corrected chi connectivity index (χ1v) is 8.05. The average molecular weight is 319 g/mol. The number of rotatable bonds is 3. The number of hydrogen-bond acceptors (Lipinski definition) is 3. The molecule has 5 nitrogen and oxygen atoms in total. The molecular formula is C18H25NO4. The van der Waals surface area contributed by atoms with Gasteiger partial charge in [0, 0.05) is 12.5 Å². The van der Waals surface area contributed by atoms with Crippen LogP contribution in [-0.4, -0.2) is 40.3 Å². The van der Waals surface area contributed by atoms with Gasteiger partial charge in [-0.1, -0.05) is 31.2 Å². The highest BCUT2D eigenvalue weighted by atomic mass is 16.6. The van der Waals surface area contributed by atoms with E-state index in [1.54, 1.807) is 20.8 Å². The van der Waals surface area contributed by atoms with Gasteiger partial charge in [-0.2, -0.15) is 0 Å². The van der Waals surface area contributed by atoms with E-state index in [1.807, 2.05) is 24.3 Å². The van der Waals surface area contributed by atoms with E-state index in [-0.39, 0.29) is 5.92 Å². The lowest BCUT2D eigenvalue weighted by molar-refractivity contribution is -0.142. The monoisotopic (exact) mass is 319 g/mol. The van der Waals surface area contributed by atoms with Crippen molar-refractivity contribution in [1.29, 1.82) is 0 Å². The summed E-state index contributed by atoms with van der Waals surface area (Å²) in [4.78, 5) is 25.5. The van der Waals surface area contributed by atoms with Crippen LogP contribution in [0.5, 0.6) is 0 Å². The minimum atomic E-state index is -0.982. The van der Waals surface area contributed by atoms with Gasteiger partial charge in [0.15, 0.2) is 0 Å². The summed E-state index contributed by atoms with van der Waals surface area (Å²) in [6.45, 7) is 7.78. The first kappa shape index (κ1) is 17.3. The number of amides is 1. The minimum absolute atomic E-state index is 0.198. The Morgan fingerprint density at radius 1 is 1.30 bits per heavy atom. The third-order valence-electron chi connectivity index (χ3n) is 4.11. The number of hydrogen-bond donors (Lipinski definition) is 1. The summed E-state index contributed by atoms with van der Waals surface area (Å²) in [7, 11) is 0. The van der Waals surface area contributed by atoms with E-state index in [0.29, 0.717) is 13.0 Å². The minimum Gasteiger partial charge on any atom is -0.480 e. The van der Waals surface area contributed by atoms with Crippen LogP contribution in [0.15, 0.2) is 24.3 Å². The Labute approximate surface area is 137 Å². The van der Waals surface area contributed by atoms with Crippen molar-refractivity contribution in [3.8, 4) is 0 Å². The number of carbonyl (C=O) groups excluding carboxylic acids is 1. The molecular weight excluding hydrogens is 294 g/mol. The Morgan fingerprint density at radius 3 is 2.52 bits per heavy atom. The second-order valence-electron chi connectivity index (χ2n) is 6.90. The SMILES string of the molecule is CCc1ccccc1[C@@H]1CCN(C(=O)OC(C)(C)C)[C@@H]1C(=O)O. The second kappa shape index (κ2) is 6.60. The van der Waals surface area contributed by atoms with Gasteiger partial charge in [-0.25, -0.2) is 9.59 Å². The lowest BCUT2D eigenvalue weighted by atomic mass is 9.87. The molecule has 2 atom stereocenters. The van der Waals surface area contributed by atoms with E-state index in [1.165, 1.54) is 4.90 Å². The molecule has 1 heterocycles. The largest absolute Gasteiger partial charge is 0.480 e. The van der Waals surface area contributed by atoms with Crippen molar-refractivity contribution in [1.82, 2.24) is 4.90 Å². The highest BCUT2D eigenvalue weighted by Gasteiger charge is 2.44. The highest BCUT2D eigenvalue weighted by molar-refractivity contribution is 5.82. The molecule has 0 bridgehead atoms. The van der Waals surface area contributed by atoms with E-state index in [0.717, 1.165) is 17.5 Å². The van der Waals surface area contributed by atoms with E-state index in [2.05, 4.69) is 6.92 Å². The second-order valence-corrected chi connectivity index (χ2v) is 6.90. The first-order valence-electron chi connectivity index (χ1n) is 8.05. The number of aryl methyl sites for hydroxylation is 1. The van der Waals surface area contributed by atoms with Crippen molar-refractivity contribution >= 4 is 12.1 Å². The van der Waals surface area contributed by atoms with Crippen LogP contribution in [0.1, 0.15) is 51.2 Å². The summed E-state index contributed by atoms with van der Waals surface area (Å²) in [5.74, 6) is -1.18. The van der Waals surface area contributed by atoms with Gasteiger partial charge in [0.05, 0.1) is 0 Å². The molecule has 126 valence electrons. The van der Waals surface area contributed by atoms with Crippen LogP contribution in [0.4, 0.5) is 4.79 Å². The summed E-state index contributed by atoms with van der Waals surface area (Å²) >= 11 is 0. The van der Waals surface area contributed by atoms with Crippen LogP contribution in [0.2, 0.25) is 0 Å². The van der Waals surface area contributed by atoms with Crippen molar-refractivity contribution in [2.24, 2.45) is 0 Å². The normalized spacial score (nSPS) is 21.3. The van der Waals surface area contributed by atoms with Crippen LogP contribution < -0.4 is 0 Å². The molecule has 1 aliphatic rings. The topological polar surface area (TPSA) is 66.8 Å². The smallest absolute Gasteiger partial charge is 0.411 e. The van der Waals surface area contributed by atoms with Gasteiger partial charge in [-0.05, 0) is 44.7 Å². The lowest BCUT2D eigenvalue weighted by Crippen LogP contribution is -2.45. The predicted octanol–water partition coefficient (Wildman–Crippen LogP) is 3.43. The number of carboxylic acid groups (broad SMARTS) is 1. The fourth-order valence-electron chi connectivity index (χ4n) is 3.17. The average Bonchev–Trinajstić information content (AvgIpc) is 2.90. The highest BCUT2D eigenvalue weighted by Crippen LogP contribution is 2.36. The van der Waals surface area contributed by atoms with Gasteiger partial charge in [0.2, 0.25) is 0 Å². The molecule has 0 radical (unpaired) electrons. The summed E-state index contributed by atoms with van der Waals surface area (Å²) < 4.78 is 5.37. The molecule has 2 rings (SSSR count). The number of benzene rings is 1. The Hall–Kier alpha value is -2.04. The zero-order chi connectivity index (χ0) is 17.2. The van der Waals surface area contributed by atoms with Gasteiger partial charge in [-0.3, -0.25) is 4.90 Å². The zero-order valence-electron chi connectivity index (χ0n) is 14.2. The molecule has 1 aromatic rings. The number of aliphatic carboxylic acids is 1. The maximum Gasteiger partial charge on any atom is 0.411 e. The maximum atomic E-state index is 12.3. The molecule has 1 N–H and O–H groups in total. The Kier molecular flexibility index (Phi) is 4.97. The van der Waals surface area contributed by atoms with Crippen molar-refractivity contribution in [3.05, 3.63) is 35.4 Å². The third-order valence-corrected chi connectivity index (χ3v) is 4.11. The van der Waals surface area contributed by atoms with Gasteiger partial charge in [0.25, 0.3) is 0 Å². The van der Waals surface area contributed by atoms with E-state index in [4.69, 9.17) is 4.74 Å². The van der Waals surface area contributed by atoms with E-state index in [9.17, 15) is 14.7 Å². The van der Waals surface area contributed by atoms with Crippen LogP contribution in [0, 0.1) is 0 Å². The van der Waals surface area contributed by atoms with Crippen molar-refractivity contribution < 1.29 is 19.4 Å².